The molecule has 27 heavy (non-hydrogen) atoms. The van der Waals surface area contributed by atoms with Crippen LogP contribution in [0.15, 0.2) is 84.9 Å². The van der Waals surface area contributed by atoms with E-state index in [-0.39, 0.29) is 12.6 Å². The summed E-state index contributed by atoms with van der Waals surface area (Å²) in [6, 6.07) is 28.8. The second-order valence-corrected chi connectivity index (χ2v) is 6.63. The zero-order valence-corrected chi connectivity index (χ0v) is 15.7. The predicted molar refractivity (Wildman–Crippen MR) is 111 cm³/mol. The van der Waals surface area contributed by atoms with Crippen molar-refractivity contribution in [2.45, 2.75) is 19.5 Å². The highest BCUT2D eigenvalue weighted by Gasteiger charge is 2.18. The molecule has 0 heterocycles. The van der Waals surface area contributed by atoms with E-state index < -0.39 is 0 Å². The van der Waals surface area contributed by atoms with Crippen molar-refractivity contribution >= 4 is 0 Å². The first-order valence-electron chi connectivity index (χ1n) is 9.28. The summed E-state index contributed by atoms with van der Waals surface area (Å²) in [7, 11) is 0. The van der Waals surface area contributed by atoms with E-state index in [0.29, 0.717) is 6.54 Å². The van der Waals surface area contributed by atoms with Crippen molar-refractivity contribution in [2.24, 2.45) is 0 Å². The maximum absolute atomic E-state index is 9.65. The fraction of sp³-hybridized carbons (Fsp3) is 0.200. The molecule has 0 spiro atoms. The first kappa shape index (κ1) is 18.9. The molecule has 0 aromatic heterocycles. The lowest BCUT2D eigenvalue weighted by Gasteiger charge is -2.28. The van der Waals surface area contributed by atoms with Gasteiger partial charge in [-0.25, -0.2) is 0 Å². The summed E-state index contributed by atoms with van der Waals surface area (Å²) in [5.74, 6) is 6.75. The Morgan fingerprint density at radius 1 is 0.852 bits per heavy atom. The molecular weight excluding hydrogens is 330 g/mol. The van der Waals surface area contributed by atoms with Gasteiger partial charge in [0.2, 0.25) is 0 Å². The van der Waals surface area contributed by atoms with E-state index in [1.165, 1.54) is 11.1 Å². The Kier molecular flexibility index (Phi) is 6.82. The Bertz CT molecular complexity index is 876. The monoisotopic (exact) mass is 355 g/mol. The quantitative estimate of drug-likeness (QED) is 0.654. The predicted octanol–water partition coefficient (Wildman–Crippen LogP) is 4.58. The molecule has 3 rings (SSSR count). The van der Waals surface area contributed by atoms with Gasteiger partial charge in [0.15, 0.2) is 0 Å². The summed E-state index contributed by atoms with van der Waals surface area (Å²) in [6.45, 7) is 3.49. The van der Waals surface area contributed by atoms with Crippen molar-refractivity contribution in [1.82, 2.24) is 4.90 Å². The number of aliphatic hydroxyl groups is 1. The molecule has 0 aliphatic carbocycles. The van der Waals surface area contributed by atoms with Gasteiger partial charge in [-0.3, -0.25) is 4.90 Å². The van der Waals surface area contributed by atoms with Crippen LogP contribution < -0.4 is 0 Å². The average Bonchev–Trinajstić information content (AvgIpc) is 2.71. The topological polar surface area (TPSA) is 23.5 Å². The van der Waals surface area contributed by atoms with Gasteiger partial charge in [0.25, 0.3) is 0 Å². The first-order valence-corrected chi connectivity index (χ1v) is 9.28. The van der Waals surface area contributed by atoms with E-state index in [1.54, 1.807) is 0 Å². The lowest BCUT2D eigenvalue weighted by molar-refractivity contribution is 0.168. The van der Waals surface area contributed by atoms with Crippen LogP contribution in [0.1, 0.15) is 28.3 Å². The molecule has 3 aromatic rings. The van der Waals surface area contributed by atoms with Crippen LogP contribution in [0.2, 0.25) is 0 Å². The molecule has 2 heteroatoms. The van der Waals surface area contributed by atoms with E-state index in [2.05, 4.69) is 60.1 Å². The van der Waals surface area contributed by atoms with Gasteiger partial charge in [-0.05, 0) is 30.2 Å². The minimum atomic E-state index is -0.0850. The van der Waals surface area contributed by atoms with E-state index >= 15 is 0 Å². The van der Waals surface area contributed by atoms with Crippen molar-refractivity contribution < 1.29 is 5.11 Å². The third-order valence-electron chi connectivity index (χ3n) is 4.50. The molecule has 1 unspecified atom stereocenters. The van der Waals surface area contributed by atoms with Crippen LogP contribution >= 0.6 is 0 Å². The molecule has 0 radical (unpaired) electrons. The Morgan fingerprint density at radius 2 is 1.48 bits per heavy atom. The molecule has 0 aliphatic rings. The van der Waals surface area contributed by atoms with Crippen molar-refractivity contribution in [2.75, 3.05) is 13.2 Å². The van der Waals surface area contributed by atoms with Gasteiger partial charge in [0.05, 0.1) is 12.6 Å². The molecule has 0 fully saturated rings. The van der Waals surface area contributed by atoms with Crippen LogP contribution in [0.3, 0.4) is 0 Å². The van der Waals surface area contributed by atoms with Crippen molar-refractivity contribution in [3.63, 3.8) is 0 Å². The van der Waals surface area contributed by atoms with Gasteiger partial charge >= 0.3 is 0 Å². The van der Waals surface area contributed by atoms with Gasteiger partial charge in [0.1, 0.15) is 0 Å². The summed E-state index contributed by atoms with van der Waals surface area (Å²) in [6.07, 6.45) is 0. The molecule has 0 saturated heterocycles. The standard InChI is InChI=1S/C25H25NO/c1-21-12-15-24(16-13-21)25(17-14-22-8-4-2-5-9-22)26(18-19-27)20-23-10-6-3-7-11-23/h2-13,15-16,25,27H,18-20H2,1H3. The van der Waals surface area contributed by atoms with Crippen LogP contribution in [0.5, 0.6) is 0 Å². The van der Waals surface area contributed by atoms with Crippen molar-refractivity contribution in [3.05, 3.63) is 107 Å². The summed E-state index contributed by atoms with van der Waals surface area (Å²) >= 11 is 0. The molecule has 1 N–H and O–H groups in total. The molecule has 0 amide bonds. The van der Waals surface area contributed by atoms with Gasteiger partial charge in [-0.2, -0.15) is 0 Å². The Balaban J connectivity index is 1.95. The number of hydrogen-bond acceptors (Lipinski definition) is 2. The lowest BCUT2D eigenvalue weighted by Crippen LogP contribution is -2.30. The number of aryl methyl sites for hydroxylation is 1. The highest BCUT2D eigenvalue weighted by atomic mass is 16.3. The second-order valence-electron chi connectivity index (χ2n) is 6.63. The summed E-state index contributed by atoms with van der Waals surface area (Å²) < 4.78 is 0. The molecule has 0 saturated carbocycles. The fourth-order valence-electron chi connectivity index (χ4n) is 3.05. The van der Waals surface area contributed by atoms with Crippen molar-refractivity contribution in [1.29, 1.82) is 0 Å². The molecule has 2 nitrogen and oxygen atoms in total. The zero-order chi connectivity index (χ0) is 18.9. The third kappa shape index (κ3) is 5.56. The number of hydrogen-bond donors (Lipinski definition) is 1. The summed E-state index contributed by atoms with van der Waals surface area (Å²) in [5, 5.41) is 9.65. The maximum atomic E-state index is 9.65. The third-order valence-corrected chi connectivity index (χ3v) is 4.50. The number of rotatable bonds is 6. The SMILES string of the molecule is Cc1ccc(C(C#Cc2ccccc2)N(CCO)Cc2ccccc2)cc1. The Hall–Kier alpha value is -2.86. The zero-order valence-electron chi connectivity index (χ0n) is 15.7. The van der Waals surface area contributed by atoms with Gasteiger partial charge in [0, 0.05) is 18.7 Å². The Labute approximate surface area is 162 Å². The van der Waals surface area contributed by atoms with E-state index in [9.17, 15) is 5.11 Å². The second kappa shape index (κ2) is 9.73. The molecule has 3 aromatic carbocycles. The van der Waals surface area contributed by atoms with Crippen LogP contribution in [0.25, 0.3) is 0 Å². The van der Waals surface area contributed by atoms with E-state index in [0.717, 1.165) is 17.7 Å². The first-order chi connectivity index (χ1) is 13.3. The van der Waals surface area contributed by atoms with Crippen LogP contribution in [-0.2, 0) is 6.54 Å². The van der Waals surface area contributed by atoms with Crippen LogP contribution in [0, 0.1) is 18.8 Å². The van der Waals surface area contributed by atoms with E-state index in [1.807, 2.05) is 48.5 Å². The average molecular weight is 355 g/mol. The summed E-state index contributed by atoms with van der Waals surface area (Å²) in [4.78, 5) is 2.23. The summed E-state index contributed by atoms with van der Waals surface area (Å²) in [5.41, 5.74) is 4.58. The minimum Gasteiger partial charge on any atom is -0.395 e. The maximum Gasteiger partial charge on any atom is 0.0978 e. The smallest absolute Gasteiger partial charge is 0.0978 e. The highest BCUT2D eigenvalue weighted by Crippen LogP contribution is 2.23. The van der Waals surface area contributed by atoms with Crippen LogP contribution in [0.4, 0.5) is 0 Å². The molecular formula is C25H25NO. The number of aliphatic hydroxyl groups excluding tert-OH is 1. The lowest BCUT2D eigenvalue weighted by atomic mass is 10.0. The molecule has 136 valence electrons. The van der Waals surface area contributed by atoms with Gasteiger partial charge in [-0.15, -0.1) is 0 Å². The molecule has 1 atom stereocenters. The van der Waals surface area contributed by atoms with Gasteiger partial charge < -0.3 is 5.11 Å². The number of benzene rings is 3. The van der Waals surface area contributed by atoms with Gasteiger partial charge in [-0.1, -0.05) is 90.2 Å². The molecule has 0 aliphatic heterocycles. The Morgan fingerprint density at radius 3 is 2.11 bits per heavy atom. The highest BCUT2D eigenvalue weighted by molar-refractivity contribution is 5.38. The van der Waals surface area contributed by atoms with Crippen molar-refractivity contribution in [3.8, 4) is 11.8 Å². The normalized spacial score (nSPS) is 11.7. The fourth-order valence-corrected chi connectivity index (χ4v) is 3.05. The number of nitrogens with zero attached hydrogens (tertiary/aromatic N) is 1. The van der Waals surface area contributed by atoms with E-state index in [4.69, 9.17) is 0 Å². The van der Waals surface area contributed by atoms with Crippen LogP contribution in [-0.4, -0.2) is 23.2 Å². The molecule has 0 bridgehead atoms. The largest absolute Gasteiger partial charge is 0.395 e. The minimum absolute atomic E-state index is 0.0850.